The molecule has 5 nitrogen and oxygen atoms in total. The van der Waals surface area contributed by atoms with Gasteiger partial charge in [0.25, 0.3) is 0 Å². The molecule has 72 valence electrons. The molecule has 2 aromatic rings. The Balaban J connectivity index is 2.64. The first-order valence-electron chi connectivity index (χ1n) is 3.80. The molecule has 0 aliphatic rings. The number of hydrogen-bond acceptors (Lipinski definition) is 4. The fourth-order valence-electron chi connectivity index (χ4n) is 1.12. The molecule has 2 heterocycles. The first-order chi connectivity index (χ1) is 6.72. The van der Waals surface area contributed by atoms with Crippen LogP contribution in [0.15, 0.2) is 16.7 Å². The van der Waals surface area contributed by atoms with Crippen LogP contribution in [-0.2, 0) is 4.74 Å². The van der Waals surface area contributed by atoms with E-state index in [0.29, 0.717) is 11.0 Å². The number of pyridine rings is 1. The third-order valence-electron chi connectivity index (χ3n) is 1.75. The molecular weight excluding hydrogens is 250 g/mol. The Morgan fingerprint density at radius 3 is 3.14 bits per heavy atom. The van der Waals surface area contributed by atoms with E-state index < -0.39 is 5.97 Å². The highest BCUT2D eigenvalue weighted by Crippen LogP contribution is 2.17. The number of carbonyl (C=O) groups is 1. The van der Waals surface area contributed by atoms with E-state index in [1.165, 1.54) is 7.11 Å². The van der Waals surface area contributed by atoms with E-state index in [9.17, 15) is 4.79 Å². The van der Waals surface area contributed by atoms with Gasteiger partial charge in [0.05, 0.1) is 12.6 Å². The summed E-state index contributed by atoms with van der Waals surface area (Å²) in [4.78, 5) is 15.3. The number of esters is 1. The molecule has 0 bridgehead atoms. The fraction of sp³-hybridized carbons (Fsp3) is 0.125. The van der Waals surface area contributed by atoms with Gasteiger partial charge in [0.1, 0.15) is 5.52 Å². The van der Waals surface area contributed by atoms with Crippen LogP contribution in [0.1, 0.15) is 10.5 Å². The first kappa shape index (κ1) is 9.14. The second-order valence-corrected chi connectivity index (χ2v) is 3.53. The van der Waals surface area contributed by atoms with Gasteiger partial charge < -0.3 is 4.74 Å². The van der Waals surface area contributed by atoms with Crippen molar-refractivity contribution in [3.63, 3.8) is 0 Å². The summed E-state index contributed by atoms with van der Waals surface area (Å²) in [5.74, 6) is -0.494. The quantitative estimate of drug-likeness (QED) is 0.785. The van der Waals surface area contributed by atoms with Gasteiger partial charge in [-0.05, 0) is 22.0 Å². The molecule has 0 fully saturated rings. The fourth-order valence-corrected chi connectivity index (χ4v) is 1.45. The van der Waals surface area contributed by atoms with Crippen molar-refractivity contribution >= 4 is 32.9 Å². The zero-order valence-corrected chi connectivity index (χ0v) is 8.83. The van der Waals surface area contributed by atoms with Crippen molar-refractivity contribution in [1.82, 2.24) is 15.2 Å². The number of aromatic nitrogens is 3. The summed E-state index contributed by atoms with van der Waals surface area (Å²) >= 11 is 3.27. The van der Waals surface area contributed by atoms with E-state index in [4.69, 9.17) is 0 Å². The first-order valence-corrected chi connectivity index (χ1v) is 4.59. The molecule has 0 unspecified atom stereocenters. The van der Waals surface area contributed by atoms with Crippen molar-refractivity contribution in [3.05, 3.63) is 22.4 Å². The summed E-state index contributed by atoms with van der Waals surface area (Å²) in [6, 6.07) is 1.79. The van der Waals surface area contributed by atoms with Crippen LogP contribution in [0, 0.1) is 0 Å². The predicted molar refractivity (Wildman–Crippen MR) is 52.9 cm³/mol. The van der Waals surface area contributed by atoms with Crippen molar-refractivity contribution in [2.75, 3.05) is 7.11 Å². The number of carbonyl (C=O) groups excluding carboxylic acids is 1. The lowest BCUT2D eigenvalue weighted by atomic mass is 10.3. The molecule has 2 rings (SSSR count). The Labute approximate surface area is 87.6 Å². The van der Waals surface area contributed by atoms with E-state index in [-0.39, 0.29) is 5.69 Å². The van der Waals surface area contributed by atoms with Crippen molar-refractivity contribution in [3.8, 4) is 0 Å². The highest BCUT2D eigenvalue weighted by molar-refractivity contribution is 9.10. The zero-order valence-electron chi connectivity index (χ0n) is 7.24. The number of nitrogens with zero attached hydrogens (tertiary/aromatic N) is 2. The minimum Gasteiger partial charge on any atom is -0.464 e. The van der Waals surface area contributed by atoms with Crippen LogP contribution in [0.2, 0.25) is 0 Å². The zero-order chi connectivity index (χ0) is 10.1. The van der Waals surface area contributed by atoms with Gasteiger partial charge in [0.2, 0.25) is 0 Å². The summed E-state index contributed by atoms with van der Waals surface area (Å²) < 4.78 is 5.38. The topological polar surface area (TPSA) is 67.9 Å². The van der Waals surface area contributed by atoms with Crippen LogP contribution in [0.25, 0.3) is 11.0 Å². The molecule has 2 aromatic heterocycles. The number of methoxy groups -OCH3 is 1. The minimum absolute atomic E-state index is 0.204. The van der Waals surface area contributed by atoms with E-state index in [1.807, 2.05) is 0 Å². The highest BCUT2D eigenvalue weighted by Gasteiger charge is 2.15. The van der Waals surface area contributed by atoms with Gasteiger partial charge in [0, 0.05) is 10.7 Å². The van der Waals surface area contributed by atoms with E-state index >= 15 is 0 Å². The molecule has 0 aromatic carbocycles. The van der Waals surface area contributed by atoms with Gasteiger partial charge in [-0.1, -0.05) is 0 Å². The van der Waals surface area contributed by atoms with E-state index in [2.05, 4.69) is 35.8 Å². The van der Waals surface area contributed by atoms with Crippen LogP contribution in [0.3, 0.4) is 0 Å². The summed E-state index contributed by atoms with van der Waals surface area (Å²) in [5, 5.41) is 6.53. The summed E-state index contributed by atoms with van der Waals surface area (Å²) in [6.07, 6.45) is 1.60. The highest BCUT2D eigenvalue weighted by atomic mass is 79.9. The lowest BCUT2D eigenvalue weighted by molar-refractivity contribution is 0.0596. The number of halogens is 1. The van der Waals surface area contributed by atoms with E-state index in [0.717, 1.165) is 4.47 Å². The number of ether oxygens (including phenoxy) is 1. The van der Waals surface area contributed by atoms with E-state index in [1.54, 1.807) is 12.3 Å². The molecule has 0 atom stereocenters. The predicted octanol–water partition coefficient (Wildman–Crippen LogP) is 1.51. The van der Waals surface area contributed by atoms with Crippen molar-refractivity contribution in [1.29, 1.82) is 0 Å². The minimum atomic E-state index is -0.494. The Kier molecular flexibility index (Phi) is 2.20. The van der Waals surface area contributed by atoms with Crippen molar-refractivity contribution in [2.24, 2.45) is 0 Å². The number of nitrogens with one attached hydrogen (secondary N) is 1. The van der Waals surface area contributed by atoms with Gasteiger partial charge >= 0.3 is 5.97 Å². The number of hydrogen-bond donors (Lipinski definition) is 1. The standard InChI is InChI=1S/C8H6BrN3O2/c1-14-8(13)7-6-5(11-12-7)2-4(9)3-10-6/h2-3H,1H3,(H,11,12). The van der Waals surface area contributed by atoms with Crippen molar-refractivity contribution in [2.45, 2.75) is 0 Å². The van der Waals surface area contributed by atoms with Crippen LogP contribution in [0.4, 0.5) is 0 Å². The molecule has 0 saturated carbocycles. The molecule has 1 N–H and O–H groups in total. The van der Waals surface area contributed by atoms with Crippen LogP contribution >= 0.6 is 15.9 Å². The second kappa shape index (κ2) is 3.38. The van der Waals surface area contributed by atoms with Gasteiger partial charge in [-0.25, -0.2) is 4.79 Å². The average molecular weight is 256 g/mol. The van der Waals surface area contributed by atoms with Gasteiger partial charge in [-0.15, -0.1) is 0 Å². The van der Waals surface area contributed by atoms with Gasteiger partial charge in [-0.2, -0.15) is 5.10 Å². The molecule has 0 spiro atoms. The molecule has 0 aliphatic carbocycles. The van der Waals surface area contributed by atoms with Crippen LogP contribution < -0.4 is 0 Å². The maximum absolute atomic E-state index is 11.2. The molecule has 0 amide bonds. The number of aromatic amines is 1. The Morgan fingerprint density at radius 1 is 1.64 bits per heavy atom. The summed E-state index contributed by atoms with van der Waals surface area (Å²) in [6.45, 7) is 0. The molecule has 0 aliphatic heterocycles. The van der Waals surface area contributed by atoms with Gasteiger partial charge in [0.15, 0.2) is 5.69 Å². The lowest BCUT2D eigenvalue weighted by Gasteiger charge is -1.93. The largest absolute Gasteiger partial charge is 0.464 e. The third-order valence-corrected chi connectivity index (χ3v) is 2.18. The SMILES string of the molecule is COC(=O)c1n[nH]c2cc(Br)cnc12. The lowest BCUT2D eigenvalue weighted by Crippen LogP contribution is -2.02. The Morgan fingerprint density at radius 2 is 2.43 bits per heavy atom. The van der Waals surface area contributed by atoms with Crippen molar-refractivity contribution < 1.29 is 9.53 Å². The van der Waals surface area contributed by atoms with Gasteiger partial charge in [-0.3, -0.25) is 10.1 Å². The van der Waals surface area contributed by atoms with Crippen LogP contribution in [0.5, 0.6) is 0 Å². The Bertz CT molecular complexity index is 494. The maximum Gasteiger partial charge on any atom is 0.360 e. The molecule has 14 heavy (non-hydrogen) atoms. The summed E-state index contributed by atoms with van der Waals surface area (Å²) in [7, 11) is 1.31. The normalized spacial score (nSPS) is 10.4. The molecular formula is C8H6BrN3O2. The third kappa shape index (κ3) is 1.37. The number of H-pyrrole nitrogens is 1. The molecule has 0 radical (unpaired) electrons. The smallest absolute Gasteiger partial charge is 0.360 e. The molecule has 0 saturated heterocycles. The monoisotopic (exact) mass is 255 g/mol. The number of rotatable bonds is 1. The second-order valence-electron chi connectivity index (χ2n) is 2.61. The average Bonchev–Trinajstić information content (AvgIpc) is 2.59. The van der Waals surface area contributed by atoms with Crippen LogP contribution in [-0.4, -0.2) is 28.3 Å². The maximum atomic E-state index is 11.2. The molecule has 6 heteroatoms. The number of fused-ring (bicyclic) bond motifs is 1. The Hall–Kier alpha value is -1.43. The summed E-state index contributed by atoms with van der Waals surface area (Å²) in [5.41, 5.74) is 1.41.